The zero-order valence-electron chi connectivity index (χ0n) is 14.8. The predicted molar refractivity (Wildman–Crippen MR) is 92.7 cm³/mol. The maximum absolute atomic E-state index is 13.4. The fourth-order valence-corrected chi connectivity index (χ4v) is 2.67. The molecule has 0 saturated carbocycles. The third-order valence-electron chi connectivity index (χ3n) is 4.33. The van der Waals surface area contributed by atoms with Crippen LogP contribution in [0.4, 0.5) is 18.9 Å². The van der Waals surface area contributed by atoms with Gasteiger partial charge in [0, 0.05) is 32.7 Å². The van der Waals surface area contributed by atoms with Crippen LogP contribution in [0.2, 0.25) is 0 Å². The first-order chi connectivity index (χ1) is 12.0. The van der Waals surface area contributed by atoms with Crippen molar-refractivity contribution in [1.82, 2.24) is 25.3 Å². The van der Waals surface area contributed by atoms with E-state index in [0.29, 0.717) is 13.1 Å². The maximum Gasteiger partial charge on any atom is 0.405 e. The SMILES string of the molecule is CC(C)(C(=O)NCC(N1CCNCC1)C(F)(F)F)n1cc([N+](=O)[O-])cn1.Cl. The second-order valence-corrected chi connectivity index (χ2v) is 6.51. The Labute approximate surface area is 159 Å². The smallest absolute Gasteiger partial charge is 0.352 e. The van der Waals surface area contributed by atoms with Gasteiger partial charge in [0.25, 0.3) is 0 Å². The highest BCUT2D eigenvalue weighted by Gasteiger charge is 2.44. The minimum Gasteiger partial charge on any atom is -0.352 e. The summed E-state index contributed by atoms with van der Waals surface area (Å²) in [7, 11) is 0. The summed E-state index contributed by atoms with van der Waals surface area (Å²) in [5.41, 5.74) is -1.69. The van der Waals surface area contributed by atoms with Crippen LogP contribution in [0.5, 0.6) is 0 Å². The van der Waals surface area contributed by atoms with E-state index in [-0.39, 0.29) is 31.2 Å². The van der Waals surface area contributed by atoms with Gasteiger partial charge in [-0.1, -0.05) is 0 Å². The van der Waals surface area contributed by atoms with E-state index >= 15 is 0 Å². The Morgan fingerprint density at radius 1 is 1.41 bits per heavy atom. The number of nitro groups is 1. The van der Waals surface area contributed by atoms with E-state index in [1.807, 2.05) is 0 Å². The third kappa shape index (κ3) is 5.53. The van der Waals surface area contributed by atoms with Gasteiger partial charge in [-0.3, -0.25) is 24.5 Å². The molecule has 1 aliphatic rings. The molecule has 13 heteroatoms. The molecule has 1 aromatic heterocycles. The summed E-state index contributed by atoms with van der Waals surface area (Å²) in [5.74, 6) is -0.708. The molecule has 1 aromatic rings. The first-order valence-corrected chi connectivity index (χ1v) is 8.03. The second kappa shape index (κ2) is 8.85. The molecular formula is C14H22ClF3N6O3. The topological polar surface area (TPSA) is 105 Å². The average Bonchev–Trinajstić information content (AvgIpc) is 3.05. The molecule has 0 spiro atoms. The van der Waals surface area contributed by atoms with Gasteiger partial charge in [-0.05, 0) is 13.8 Å². The van der Waals surface area contributed by atoms with Crippen LogP contribution in [0.1, 0.15) is 13.8 Å². The Morgan fingerprint density at radius 3 is 2.48 bits per heavy atom. The van der Waals surface area contributed by atoms with Crippen LogP contribution in [0.25, 0.3) is 0 Å². The number of alkyl halides is 3. The largest absolute Gasteiger partial charge is 0.405 e. The van der Waals surface area contributed by atoms with Crippen molar-refractivity contribution in [2.24, 2.45) is 0 Å². The molecule has 0 bridgehead atoms. The zero-order chi connectivity index (χ0) is 19.5. The van der Waals surface area contributed by atoms with Crippen molar-refractivity contribution in [1.29, 1.82) is 0 Å². The van der Waals surface area contributed by atoms with Gasteiger partial charge in [0.2, 0.25) is 5.91 Å². The van der Waals surface area contributed by atoms with Crippen LogP contribution < -0.4 is 10.6 Å². The third-order valence-corrected chi connectivity index (χ3v) is 4.33. The number of rotatable bonds is 6. The summed E-state index contributed by atoms with van der Waals surface area (Å²) in [6.45, 7) is 3.60. The molecule has 0 aromatic carbocycles. The van der Waals surface area contributed by atoms with Gasteiger partial charge < -0.3 is 10.6 Å². The van der Waals surface area contributed by atoms with E-state index in [2.05, 4.69) is 15.7 Å². The lowest BCUT2D eigenvalue weighted by Crippen LogP contribution is -2.58. The quantitative estimate of drug-likeness (QED) is 0.529. The molecule has 1 fully saturated rings. The predicted octanol–water partition coefficient (Wildman–Crippen LogP) is 0.901. The van der Waals surface area contributed by atoms with Crippen LogP contribution in [0, 0.1) is 10.1 Å². The van der Waals surface area contributed by atoms with Crippen LogP contribution in [-0.4, -0.2) is 70.5 Å². The number of carbonyl (C=O) groups excluding carboxylic acids is 1. The van der Waals surface area contributed by atoms with Gasteiger partial charge in [0.15, 0.2) is 0 Å². The summed E-state index contributed by atoms with van der Waals surface area (Å²) in [5, 5.41) is 19.8. The molecule has 2 N–H and O–H groups in total. The first kappa shape index (κ1) is 23.1. The number of hydrogen-bond acceptors (Lipinski definition) is 6. The monoisotopic (exact) mass is 414 g/mol. The Kier molecular flexibility index (Phi) is 7.57. The Bertz CT molecular complexity index is 661. The lowest BCUT2D eigenvalue weighted by molar-refractivity contribution is -0.385. The number of halogens is 4. The number of aromatic nitrogens is 2. The highest BCUT2D eigenvalue weighted by Crippen LogP contribution is 2.25. The Hall–Kier alpha value is -1.92. The molecule has 1 atom stereocenters. The van der Waals surface area contributed by atoms with Gasteiger partial charge in [0.1, 0.15) is 24.0 Å². The number of amides is 1. The lowest BCUT2D eigenvalue weighted by atomic mass is 10.0. The Morgan fingerprint density at radius 2 is 2.00 bits per heavy atom. The van der Waals surface area contributed by atoms with Gasteiger partial charge >= 0.3 is 11.9 Å². The summed E-state index contributed by atoms with van der Waals surface area (Å²) in [4.78, 5) is 23.8. The molecule has 1 amide bonds. The van der Waals surface area contributed by atoms with Crippen LogP contribution in [-0.2, 0) is 10.3 Å². The highest BCUT2D eigenvalue weighted by molar-refractivity contribution is 5.85. The number of nitrogens with zero attached hydrogens (tertiary/aromatic N) is 4. The van der Waals surface area contributed by atoms with E-state index < -0.39 is 35.1 Å². The van der Waals surface area contributed by atoms with E-state index in [0.717, 1.165) is 17.1 Å². The average molecular weight is 415 g/mol. The van der Waals surface area contributed by atoms with Crippen LogP contribution in [0.15, 0.2) is 12.4 Å². The molecule has 1 saturated heterocycles. The van der Waals surface area contributed by atoms with Crippen molar-refractivity contribution in [3.8, 4) is 0 Å². The van der Waals surface area contributed by atoms with Crippen molar-refractivity contribution in [3.05, 3.63) is 22.5 Å². The molecule has 27 heavy (non-hydrogen) atoms. The van der Waals surface area contributed by atoms with E-state index in [9.17, 15) is 28.1 Å². The zero-order valence-corrected chi connectivity index (χ0v) is 15.6. The summed E-state index contributed by atoms with van der Waals surface area (Å²) >= 11 is 0. The molecule has 1 aliphatic heterocycles. The molecule has 0 radical (unpaired) electrons. The summed E-state index contributed by atoms with van der Waals surface area (Å²) in [6, 6.07) is -1.80. The lowest BCUT2D eigenvalue weighted by Gasteiger charge is -2.36. The van der Waals surface area contributed by atoms with Crippen molar-refractivity contribution >= 4 is 24.0 Å². The van der Waals surface area contributed by atoms with Gasteiger partial charge in [-0.15, -0.1) is 12.4 Å². The normalized spacial score (nSPS) is 17.1. The number of nitrogens with one attached hydrogen (secondary N) is 2. The molecule has 9 nitrogen and oxygen atoms in total. The van der Waals surface area contributed by atoms with Crippen molar-refractivity contribution < 1.29 is 22.9 Å². The van der Waals surface area contributed by atoms with E-state index in [4.69, 9.17) is 0 Å². The van der Waals surface area contributed by atoms with Crippen LogP contribution in [0.3, 0.4) is 0 Å². The number of carbonyl (C=O) groups is 1. The molecule has 2 heterocycles. The van der Waals surface area contributed by atoms with Gasteiger partial charge in [-0.2, -0.15) is 18.3 Å². The maximum atomic E-state index is 13.4. The molecule has 154 valence electrons. The summed E-state index contributed by atoms with van der Waals surface area (Å²) in [6.07, 6.45) is -2.44. The molecule has 0 aliphatic carbocycles. The van der Waals surface area contributed by atoms with Crippen molar-refractivity contribution in [2.75, 3.05) is 32.7 Å². The highest BCUT2D eigenvalue weighted by atomic mass is 35.5. The molecule has 1 unspecified atom stereocenters. The number of hydrogen-bond donors (Lipinski definition) is 2. The fraction of sp³-hybridized carbons (Fsp3) is 0.714. The van der Waals surface area contributed by atoms with Gasteiger partial charge in [0.05, 0.1) is 4.92 Å². The fourth-order valence-electron chi connectivity index (χ4n) is 2.67. The standard InChI is InChI=1S/C14H21F3N6O3.ClH/c1-13(2,22-9-10(7-20-22)23(25)26)12(24)19-8-11(14(15,16)17)21-5-3-18-4-6-21;/h7,9,11,18H,3-6,8H2,1-2H3,(H,19,24);1H. The minimum atomic E-state index is -4.49. The van der Waals surface area contributed by atoms with Crippen molar-refractivity contribution in [2.45, 2.75) is 31.6 Å². The number of piperazine rings is 1. The van der Waals surface area contributed by atoms with E-state index in [1.54, 1.807) is 0 Å². The van der Waals surface area contributed by atoms with Gasteiger partial charge in [-0.25, -0.2) is 0 Å². The summed E-state index contributed by atoms with van der Waals surface area (Å²) < 4.78 is 41.1. The van der Waals surface area contributed by atoms with Crippen LogP contribution >= 0.6 is 12.4 Å². The molecule has 2 rings (SSSR count). The minimum absolute atomic E-state index is 0. The Balaban J connectivity index is 0.00000364. The van der Waals surface area contributed by atoms with E-state index in [1.165, 1.54) is 18.7 Å². The van der Waals surface area contributed by atoms with Crippen molar-refractivity contribution in [3.63, 3.8) is 0 Å². The second-order valence-electron chi connectivity index (χ2n) is 6.51. The first-order valence-electron chi connectivity index (χ1n) is 8.03. The molecular weight excluding hydrogens is 393 g/mol.